The van der Waals surface area contributed by atoms with E-state index < -0.39 is 27.7 Å². The molecule has 0 saturated carbocycles. The van der Waals surface area contributed by atoms with Crippen molar-refractivity contribution < 1.29 is 27.5 Å². The van der Waals surface area contributed by atoms with Gasteiger partial charge in [0.1, 0.15) is 17.6 Å². The van der Waals surface area contributed by atoms with Gasteiger partial charge in [-0.15, -0.1) is 0 Å². The van der Waals surface area contributed by atoms with Gasteiger partial charge >= 0.3 is 0 Å². The van der Waals surface area contributed by atoms with E-state index in [9.17, 15) is 23.1 Å². The largest absolute Gasteiger partial charge is 0.503 e. The minimum atomic E-state index is -3.92. The average molecular weight is 467 g/mol. The number of hydrogen-bond donors (Lipinski definition) is 2. The van der Waals surface area contributed by atoms with Crippen molar-refractivity contribution >= 4 is 27.4 Å². The number of carbonyl (C=O) groups is 2. The molecule has 0 fully saturated rings. The molecule has 3 N–H and O–H groups in total. The van der Waals surface area contributed by atoms with E-state index in [1.54, 1.807) is 19.1 Å². The van der Waals surface area contributed by atoms with E-state index in [2.05, 4.69) is 0 Å². The molecular formula is C24H22N2O6S. The zero-order valence-electron chi connectivity index (χ0n) is 17.8. The van der Waals surface area contributed by atoms with Crippen LogP contribution in [0.25, 0.3) is 0 Å². The molecule has 0 bridgehead atoms. The molecule has 2 heterocycles. The Labute approximate surface area is 191 Å². The van der Waals surface area contributed by atoms with E-state index in [-0.39, 0.29) is 28.4 Å². The molecule has 9 heteroatoms. The molecule has 0 radical (unpaired) electrons. The second-order valence-corrected chi connectivity index (χ2v) is 9.30. The summed E-state index contributed by atoms with van der Waals surface area (Å²) in [5, 5.41) is 15.8. The number of primary sulfonamides is 1. The van der Waals surface area contributed by atoms with Crippen molar-refractivity contribution in [1.82, 2.24) is 0 Å². The molecule has 1 aliphatic rings. The number of rotatable bonds is 7. The predicted molar refractivity (Wildman–Crippen MR) is 121 cm³/mol. The SMILES string of the molecule is Cc1ccc(C2C(C(=O)CCc3ccccc3)=C(O)C(=O)N2c2ccc(S(N)(=O)=O)cc2)o1. The highest BCUT2D eigenvalue weighted by molar-refractivity contribution is 7.89. The maximum atomic E-state index is 13.2. The zero-order chi connectivity index (χ0) is 23.8. The van der Waals surface area contributed by atoms with Crippen LogP contribution in [0, 0.1) is 6.92 Å². The van der Waals surface area contributed by atoms with Gasteiger partial charge in [0.25, 0.3) is 5.91 Å². The standard InChI is InChI=1S/C24H22N2O6S/c1-15-7-14-20(32-15)22-21(19(27)13-8-16-5-3-2-4-6-16)23(28)24(29)26(22)17-9-11-18(12-10-17)33(25,30)31/h2-7,9-12,14,22,28H,8,13H2,1H3,(H2,25,30,31). The van der Waals surface area contributed by atoms with Gasteiger partial charge in [-0.1, -0.05) is 30.3 Å². The third-order valence-corrected chi connectivity index (χ3v) is 6.40. The molecule has 33 heavy (non-hydrogen) atoms. The van der Waals surface area contributed by atoms with Crippen molar-refractivity contribution in [3.63, 3.8) is 0 Å². The summed E-state index contributed by atoms with van der Waals surface area (Å²) in [4.78, 5) is 27.3. The molecule has 3 aromatic rings. The number of aliphatic hydroxyl groups is 1. The Bertz CT molecular complexity index is 1340. The zero-order valence-corrected chi connectivity index (χ0v) is 18.6. The van der Waals surface area contributed by atoms with Gasteiger partial charge in [-0.2, -0.15) is 0 Å². The van der Waals surface area contributed by atoms with E-state index in [1.165, 1.54) is 29.2 Å². The quantitative estimate of drug-likeness (QED) is 0.549. The van der Waals surface area contributed by atoms with E-state index >= 15 is 0 Å². The first-order valence-electron chi connectivity index (χ1n) is 10.2. The number of aliphatic hydroxyl groups excluding tert-OH is 1. The third-order valence-electron chi connectivity index (χ3n) is 5.47. The normalized spacial score (nSPS) is 16.5. The van der Waals surface area contributed by atoms with Crippen LogP contribution in [0.1, 0.15) is 29.5 Å². The molecule has 1 amide bonds. The second-order valence-electron chi connectivity index (χ2n) is 7.74. The van der Waals surface area contributed by atoms with E-state index in [1.807, 2.05) is 30.3 Å². The van der Waals surface area contributed by atoms with Crippen LogP contribution in [0.15, 0.2) is 87.4 Å². The minimum Gasteiger partial charge on any atom is -0.503 e. The lowest BCUT2D eigenvalue weighted by molar-refractivity contribution is -0.118. The minimum absolute atomic E-state index is 0.0548. The number of carbonyl (C=O) groups excluding carboxylic acids is 2. The Kier molecular flexibility index (Phi) is 5.92. The van der Waals surface area contributed by atoms with Crippen molar-refractivity contribution in [2.75, 3.05) is 4.90 Å². The molecule has 0 spiro atoms. The third kappa shape index (κ3) is 4.46. The first-order valence-corrected chi connectivity index (χ1v) is 11.7. The van der Waals surface area contributed by atoms with E-state index in [4.69, 9.17) is 9.56 Å². The van der Waals surface area contributed by atoms with Gasteiger partial charge in [0.05, 0.1) is 10.5 Å². The fraction of sp³-hybridized carbons (Fsp3) is 0.167. The van der Waals surface area contributed by atoms with Crippen LogP contribution in [0.5, 0.6) is 0 Å². The maximum Gasteiger partial charge on any atom is 0.294 e. The first-order chi connectivity index (χ1) is 15.7. The number of amides is 1. The Morgan fingerprint density at radius 1 is 1.06 bits per heavy atom. The summed E-state index contributed by atoms with van der Waals surface area (Å²) in [6.07, 6.45) is 0.530. The van der Waals surface area contributed by atoms with E-state index in [0.717, 1.165) is 5.56 Å². The van der Waals surface area contributed by atoms with Crippen LogP contribution in [-0.2, 0) is 26.0 Å². The van der Waals surface area contributed by atoms with Crippen molar-refractivity contribution in [3.8, 4) is 0 Å². The number of nitrogens with two attached hydrogens (primary N) is 1. The van der Waals surface area contributed by atoms with Gasteiger partial charge in [0.2, 0.25) is 10.0 Å². The molecule has 0 aliphatic carbocycles. The predicted octanol–water partition coefficient (Wildman–Crippen LogP) is 3.34. The molecular weight excluding hydrogens is 444 g/mol. The molecule has 1 atom stereocenters. The Morgan fingerprint density at radius 2 is 1.73 bits per heavy atom. The fourth-order valence-electron chi connectivity index (χ4n) is 3.86. The number of anilines is 1. The lowest BCUT2D eigenvalue weighted by Crippen LogP contribution is -2.31. The van der Waals surface area contributed by atoms with Gasteiger partial charge < -0.3 is 9.52 Å². The summed E-state index contributed by atoms with van der Waals surface area (Å²) in [5.74, 6) is -0.927. The summed E-state index contributed by atoms with van der Waals surface area (Å²) in [7, 11) is -3.92. The Hall–Kier alpha value is -3.69. The van der Waals surface area contributed by atoms with Crippen LogP contribution in [0.3, 0.4) is 0 Å². The van der Waals surface area contributed by atoms with Crippen LogP contribution in [-0.4, -0.2) is 25.2 Å². The highest BCUT2D eigenvalue weighted by Crippen LogP contribution is 2.42. The number of furan rings is 1. The molecule has 8 nitrogen and oxygen atoms in total. The molecule has 2 aromatic carbocycles. The van der Waals surface area contributed by atoms with Gasteiger partial charge in [-0.25, -0.2) is 13.6 Å². The summed E-state index contributed by atoms with van der Waals surface area (Å²) >= 11 is 0. The van der Waals surface area contributed by atoms with Gasteiger partial charge in [0.15, 0.2) is 11.5 Å². The van der Waals surface area contributed by atoms with Crippen molar-refractivity contribution in [2.24, 2.45) is 5.14 Å². The van der Waals surface area contributed by atoms with Crippen molar-refractivity contribution in [3.05, 3.63) is 95.1 Å². The van der Waals surface area contributed by atoms with Crippen LogP contribution in [0.4, 0.5) is 5.69 Å². The van der Waals surface area contributed by atoms with Crippen molar-refractivity contribution in [2.45, 2.75) is 30.7 Å². The summed E-state index contributed by atoms with van der Waals surface area (Å²) in [6, 6.07) is 17.1. The van der Waals surface area contributed by atoms with Gasteiger partial charge in [-0.3, -0.25) is 14.5 Å². The highest BCUT2D eigenvalue weighted by Gasteiger charge is 2.45. The molecule has 1 unspecified atom stereocenters. The first kappa shape index (κ1) is 22.5. The molecule has 4 rings (SSSR count). The maximum absolute atomic E-state index is 13.2. The highest BCUT2D eigenvalue weighted by atomic mass is 32.2. The topological polar surface area (TPSA) is 131 Å². The lowest BCUT2D eigenvalue weighted by Gasteiger charge is -2.25. The summed E-state index contributed by atoms with van der Waals surface area (Å²) in [6.45, 7) is 1.73. The molecule has 1 aromatic heterocycles. The van der Waals surface area contributed by atoms with Gasteiger partial charge in [-0.05, 0) is 55.3 Å². The smallest absolute Gasteiger partial charge is 0.294 e. The van der Waals surface area contributed by atoms with Gasteiger partial charge in [0, 0.05) is 12.1 Å². The van der Waals surface area contributed by atoms with Crippen molar-refractivity contribution in [1.29, 1.82) is 0 Å². The fourth-order valence-corrected chi connectivity index (χ4v) is 4.37. The lowest BCUT2D eigenvalue weighted by atomic mass is 9.96. The molecule has 1 aliphatic heterocycles. The second kappa shape index (κ2) is 8.68. The van der Waals surface area contributed by atoms with Crippen LogP contribution >= 0.6 is 0 Å². The number of sulfonamides is 1. The number of aryl methyl sites for hydroxylation is 2. The number of benzene rings is 2. The summed E-state index contributed by atoms with van der Waals surface area (Å²) < 4.78 is 28.9. The van der Waals surface area contributed by atoms with E-state index in [0.29, 0.717) is 17.9 Å². The molecule has 170 valence electrons. The molecule has 0 saturated heterocycles. The van der Waals surface area contributed by atoms with Crippen LogP contribution < -0.4 is 10.0 Å². The Balaban J connectivity index is 1.71. The number of ketones is 1. The number of nitrogens with zero attached hydrogens (tertiary/aromatic N) is 1. The monoisotopic (exact) mass is 466 g/mol. The van der Waals surface area contributed by atoms with Crippen LogP contribution in [0.2, 0.25) is 0 Å². The average Bonchev–Trinajstić information content (AvgIpc) is 3.33. The number of Topliss-reactive ketones (excluding diaryl/α,β-unsaturated/α-hetero) is 1. The summed E-state index contributed by atoms with van der Waals surface area (Å²) in [5.41, 5.74) is 1.18. The Morgan fingerprint density at radius 3 is 2.30 bits per heavy atom. The number of hydrogen-bond acceptors (Lipinski definition) is 6.